The number of nitrogens with zero attached hydrogens (tertiary/aromatic N) is 1. The van der Waals surface area contributed by atoms with Gasteiger partial charge in [-0.15, -0.1) is 24.8 Å². The van der Waals surface area contributed by atoms with E-state index in [1.807, 2.05) is 0 Å². The number of rotatable bonds is 5. The number of hydrogen-bond acceptors (Lipinski definition) is 3. The first-order valence-electron chi connectivity index (χ1n) is 10.3. The van der Waals surface area contributed by atoms with Gasteiger partial charge in [-0.1, -0.05) is 61.7 Å². The van der Waals surface area contributed by atoms with Crippen LogP contribution in [0.1, 0.15) is 50.0 Å². The van der Waals surface area contributed by atoms with Crippen molar-refractivity contribution in [2.75, 3.05) is 26.7 Å². The number of likely N-dealkylation sites (tertiary alicyclic amines) is 1. The van der Waals surface area contributed by atoms with Crippen LogP contribution in [-0.4, -0.2) is 48.3 Å². The summed E-state index contributed by atoms with van der Waals surface area (Å²) in [6.45, 7) is 3.19. The Balaban J connectivity index is 0.00000140. The summed E-state index contributed by atoms with van der Waals surface area (Å²) in [7, 11) is 2.06. The smallest absolute Gasteiger partial charge is 0.0728 e. The minimum atomic E-state index is -0.557. The summed E-state index contributed by atoms with van der Waals surface area (Å²) in [4.78, 5) is 2.55. The van der Waals surface area contributed by atoms with Crippen molar-refractivity contribution >= 4 is 35.6 Å². The molecule has 156 valence electrons. The predicted octanol–water partition coefficient (Wildman–Crippen LogP) is 4.76. The number of fused-ring (bicyclic) bond motifs is 1. The van der Waals surface area contributed by atoms with Crippen molar-refractivity contribution < 1.29 is 5.11 Å². The Kier molecular flexibility index (Phi) is 8.60. The average molecular weight is 425 g/mol. The van der Waals surface area contributed by atoms with Gasteiger partial charge in [0.25, 0.3) is 0 Å². The van der Waals surface area contributed by atoms with Crippen LogP contribution in [0.5, 0.6) is 0 Å². The third-order valence-electron chi connectivity index (χ3n) is 6.67. The minimum Gasteiger partial charge on any atom is -0.389 e. The largest absolute Gasteiger partial charge is 0.389 e. The van der Waals surface area contributed by atoms with Crippen LogP contribution in [0.25, 0.3) is 10.8 Å². The predicted molar refractivity (Wildman–Crippen MR) is 123 cm³/mol. The fourth-order valence-corrected chi connectivity index (χ4v) is 5.01. The van der Waals surface area contributed by atoms with Crippen LogP contribution >= 0.6 is 24.8 Å². The van der Waals surface area contributed by atoms with E-state index in [0.29, 0.717) is 6.04 Å². The van der Waals surface area contributed by atoms with Gasteiger partial charge in [-0.2, -0.15) is 0 Å². The van der Waals surface area contributed by atoms with Crippen molar-refractivity contribution in [1.82, 2.24) is 10.2 Å². The normalized spacial score (nSPS) is 23.0. The third kappa shape index (κ3) is 5.01. The van der Waals surface area contributed by atoms with Crippen LogP contribution in [0.15, 0.2) is 42.5 Å². The van der Waals surface area contributed by atoms with E-state index in [1.54, 1.807) is 0 Å². The van der Waals surface area contributed by atoms with Crippen molar-refractivity contribution in [3.63, 3.8) is 0 Å². The second kappa shape index (κ2) is 10.3. The SMILES string of the molecule is CN[C@H]1CCN(CC(c2ccc3ccccc3c2)C2(O)CCCCC2)C1.Cl.Cl. The maximum absolute atomic E-state index is 11.6. The quantitative estimate of drug-likeness (QED) is 0.726. The van der Waals surface area contributed by atoms with Crippen molar-refractivity contribution in [3.8, 4) is 0 Å². The molecule has 5 heteroatoms. The lowest BCUT2D eigenvalue weighted by Crippen LogP contribution is -2.44. The summed E-state index contributed by atoms with van der Waals surface area (Å²) in [6.07, 6.45) is 6.65. The molecule has 0 aromatic heterocycles. The molecule has 2 aliphatic rings. The molecule has 0 radical (unpaired) electrons. The molecule has 2 aromatic carbocycles. The molecule has 4 rings (SSSR count). The van der Waals surface area contributed by atoms with E-state index in [0.717, 1.165) is 45.3 Å². The number of halogens is 2. The molecule has 1 saturated carbocycles. The summed E-state index contributed by atoms with van der Waals surface area (Å²) in [6, 6.07) is 15.9. The molecule has 0 amide bonds. The molecule has 3 nitrogen and oxygen atoms in total. The number of aliphatic hydroxyl groups is 1. The molecule has 1 saturated heterocycles. The zero-order valence-corrected chi connectivity index (χ0v) is 18.4. The molecule has 1 unspecified atom stereocenters. The number of hydrogen-bond donors (Lipinski definition) is 2. The van der Waals surface area contributed by atoms with Gasteiger partial charge in [-0.25, -0.2) is 0 Å². The summed E-state index contributed by atoms with van der Waals surface area (Å²) >= 11 is 0. The topological polar surface area (TPSA) is 35.5 Å². The highest BCUT2D eigenvalue weighted by Crippen LogP contribution is 2.41. The van der Waals surface area contributed by atoms with Gasteiger partial charge >= 0.3 is 0 Å². The summed E-state index contributed by atoms with van der Waals surface area (Å²) in [5, 5.41) is 17.6. The van der Waals surface area contributed by atoms with Crippen molar-refractivity contribution in [1.29, 1.82) is 0 Å². The first kappa shape index (κ1) is 23.4. The van der Waals surface area contributed by atoms with E-state index in [-0.39, 0.29) is 30.7 Å². The number of nitrogens with one attached hydrogen (secondary N) is 1. The lowest BCUT2D eigenvalue weighted by molar-refractivity contribution is -0.0294. The Morgan fingerprint density at radius 1 is 1.07 bits per heavy atom. The van der Waals surface area contributed by atoms with Gasteiger partial charge in [0.1, 0.15) is 0 Å². The molecule has 0 spiro atoms. The molecule has 2 atom stereocenters. The molecule has 2 fully saturated rings. The third-order valence-corrected chi connectivity index (χ3v) is 6.67. The fourth-order valence-electron chi connectivity index (χ4n) is 5.01. The molecule has 0 bridgehead atoms. The van der Waals surface area contributed by atoms with Gasteiger partial charge in [-0.3, -0.25) is 0 Å². The van der Waals surface area contributed by atoms with Gasteiger partial charge in [0, 0.05) is 25.0 Å². The highest BCUT2D eigenvalue weighted by Gasteiger charge is 2.40. The summed E-state index contributed by atoms with van der Waals surface area (Å²) in [5.74, 6) is 0.197. The molecule has 2 aromatic rings. The van der Waals surface area contributed by atoms with E-state index >= 15 is 0 Å². The van der Waals surface area contributed by atoms with Crippen LogP contribution in [0.3, 0.4) is 0 Å². The minimum absolute atomic E-state index is 0. The standard InChI is InChI=1S/C23H32N2O.2ClH/c1-24-21-11-14-25(16-21)17-22(23(26)12-5-2-6-13-23)20-10-9-18-7-3-4-8-19(18)15-20;;/h3-4,7-10,15,21-22,24,26H,2,5-6,11-14,16-17H2,1H3;2*1H/t21-,22?;;/m0../s1. The molecular weight excluding hydrogens is 391 g/mol. The fraction of sp³-hybridized carbons (Fsp3) is 0.565. The second-order valence-electron chi connectivity index (χ2n) is 8.36. The van der Waals surface area contributed by atoms with Gasteiger partial charge in [0.05, 0.1) is 5.60 Å². The van der Waals surface area contributed by atoms with Crippen LogP contribution < -0.4 is 5.32 Å². The van der Waals surface area contributed by atoms with E-state index in [4.69, 9.17) is 0 Å². The van der Waals surface area contributed by atoms with Crippen LogP contribution in [0.4, 0.5) is 0 Å². The van der Waals surface area contributed by atoms with Crippen LogP contribution in [0.2, 0.25) is 0 Å². The Morgan fingerprint density at radius 3 is 2.46 bits per heavy atom. The van der Waals surface area contributed by atoms with E-state index in [9.17, 15) is 5.11 Å². The van der Waals surface area contributed by atoms with Crippen molar-refractivity contribution in [2.24, 2.45) is 0 Å². The van der Waals surface area contributed by atoms with Gasteiger partial charge in [0.2, 0.25) is 0 Å². The lowest BCUT2D eigenvalue weighted by Gasteiger charge is -2.41. The molecule has 1 heterocycles. The van der Waals surface area contributed by atoms with Crippen molar-refractivity contribution in [2.45, 2.75) is 56.1 Å². The van der Waals surface area contributed by atoms with E-state index < -0.39 is 5.60 Å². The molecule has 28 heavy (non-hydrogen) atoms. The Bertz CT molecular complexity index is 748. The highest BCUT2D eigenvalue weighted by atomic mass is 35.5. The average Bonchev–Trinajstić information content (AvgIpc) is 3.14. The molecule has 1 aliphatic carbocycles. The number of benzene rings is 2. The van der Waals surface area contributed by atoms with E-state index in [2.05, 4.69) is 59.7 Å². The Morgan fingerprint density at radius 2 is 1.79 bits per heavy atom. The highest BCUT2D eigenvalue weighted by molar-refractivity contribution is 5.85. The monoisotopic (exact) mass is 424 g/mol. The van der Waals surface area contributed by atoms with E-state index in [1.165, 1.54) is 29.2 Å². The summed E-state index contributed by atoms with van der Waals surface area (Å²) in [5.41, 5.74) is 0.749. The maximum Gasteiger partial charge on any atom is 0.0728 e. The first-order chi connectivity index (χ1) is 12.7. The molecule has 2 N–H and O–H groups in total. The van der Waals surface area contributed by atoms with Crippen molar-refractivity contribution in [3.05, 3.63) is 48.0 Å². The van der Waals surface area contributed by atoms with Crippen LogP contribution in [-0.2, 0) is 0 Å². The Hall–Kier alpha value is -0.840. The molecule has 1 aliphatic heterocycles. The zero-order chi connectivity index (χ0) is 18.0. The van der Waals surface area contributed by atoms with Gasteiger partial charge in [-0.05, 0) is 49.2 Å². The van der Waals surface area contributed by atoms with Crippen LogP contribution in [0, 0.1) is 0 Å². The first-order valence-corrected chi connectivity index (χ1v) is 10.3. The Labute approximate surface area is 181 Å². The van der Waals surface area contributed by atoms with Gasteiger partial charge < -0.3 is 15.3 Å². The number of likely N-dealkylation sites (N-methyl/N-ethyl adjacent to an activating group) is 1. The molecular formula is C23H34Cl2N2O. The van der Waals surface area contributed by atoms with Gasteiger partial charge in [0.15, 0.2) is 0 Å². The summed E-state index contributed by atoms with van der Waals surface area (Å²) < 4.78 is 0. The maximum atomic E-state index is 11.6. The lowest BCUT2D eigenvalue weighted by atomic mass is 9.72. The zero-order valence-electron chi connectivity index (χ0n) is 16.8. The second-order valence-corrected chi connectivity index (χ2v) is 8.36.